The van der Waals surface area contributed by atoms with Gasteiger partial charge in [-0.25, -0.2) is 0 Å². The number of hydrogen-bond donors (Lipinski definition) is 0. The van der Waals surface area contributed by atoms with Gasteiger partial charge in [0.1, 0.15) is 0 Å². The number of aryl methyl sites for hydroxylation is 3. The van der Waals surface area contributed by atoms with E-state index in [-0.39, 0.29) is 17.6 Å². The van der Waals surface area contributed by atoms with E-state index in [0.717, 1.165) is 52.9 Å². The van der Waals surface area contributed by atoms with Crippen molar-refractivity contribution in [2.75, 3.05) is 4.90 Å². The highest BCUT2D eigenvalue weighted by molar-refractivity contribution is 6.07. The van der Waals surface area contributed by atoms with Crippen LogP contribution in [-0.4, -0.2) is 11.7 Å². The van der Waals surface area contributed by atoms with Crippen molar-refractivity contribution in [2.24, 2.45) is 0 Å². The van der Waals surface area contributed by atoms with E-state index in [4.69, 9.17) is 0 Å². The third-order valence-corrected chi connectivity index (χ3v) is 5.93. The molecular formula is C25H27NO2. The molecule has 28 heavy (non-hydrogen) atoms. The molecule has 0 saturated carbocycles. The van der Waals surface area contributed by atoms with Crippen LogP contribution in [-0.2, 0) is 16.0 Å². The van der Waals surface area contributed by atoms with Crippen molar-refractivity contribution < 1.29 is 9.59 Å². The van der Waals surface area contributed by atoms with Gasteiger partial charge < -0.3 is 0 Å². The molecule has 144 valence electrons. The quantitative estimate of drug-likeness (QED) is 0.723. The van der Waals surface area contributed by atoms with Crippen molar-refractivity contribution in [2.45, 2.75) is 58.8 Å². The Morgan fingerprint density at radius 1 is 0.964 bits per heavy atom. The molecule has 1 atom stereocenters. The maximum Gasteiger partial charge on any atom is 0.232 e. The summed E-state index contributed by atoms with van der Waals surface area (Å²) in [5, 5.41) is 0. The minimum atomic E-state index is -0.122. The number of hydrogen-bond acceptors (Lipinski definition) is 2. The van der Waals surface area contributed by atoms with Crippen LogP contribution in [0.2, 0.25) is 0 Å². The molecular weight excluding hydrogens is 346 g/mol. The molecule has 0 fully saturated rings. The van der Waals surface area contributed by atoms with E-state index >= 15 is 0 Å². The van der Waals surface area contributed by atoms with Crippen LogP contribution < -0.4 is 4.90 Å². The number of rotatable bonds is 3. The molecule has 0 spiro atoms. The number of ketones is 1. The van der Waals surface area contributed by atoms with Gasteiger partial charge in [-0.1, -0.05) is 37.3 Å². The standard InChI is InChI=1S/C25H27NO2/c1-4-18-8-10-19(11-9-18)21-15-24(28)26(20-13-16(2)12-17(3)14-20)22-6-5-7-23(27)25(21)22/h8-14,21H,4-7,15H2,1-3H3. The van der Waals surface area contributed by atoms with Gasteiger partial charge in [0.2, 0.25) is 5.91 Å². The Hall–Kier alpha value is -2.68. The molecule has 1 aliphatic heterocycles. The zero-order chi connectivity index (χ0) is 19.8. The van der Waals surface area contributed by atoms with E-state index in [9.17, 15) is 9.59 Å². The second-order valence-corrected chi connectivity index (χ2v) is 8.06. The van der Waals surface area contributed by atoms with Crippen LogP contribution in [0.25, 0.3) is 0 Å². The van der Waals surface area contributed by atoms with E-state index in [0.29, 0.717) is 12.8 Å². The highest BCUT2D eigenvalue weighted by Crippen LogP contribution is 2.43. The van der Waals surface area contributed by atoms with Crippen LogP contribution in [0, 0.1) is 13.8 Å². The summed E-state index contributed by atoms with van der Waals surface area (Å²) in [5.41, 5.74) is 7.27. The zero-order valence-corrected chi connectivity index (χ0v) is 16.9. The fraction of sp³-hybridized carbons (Fsp3) is 0.360. The fourth-order valence-corrected chi connectivity index (χ4v) is 4.64. The largest absolute Gasteiger partial charge is 0.294 e. The number of carbonyl (C=O) groups is 2. The number of nitrogens with zero attached hydrogens (tertiary/aromatic N) is 1. The van der Waals surface area contributed by atoms with Crippen LogP contribution in [0.15, 0.2) is 53.7 Å². The minimum absolute atomic E-state index is 0.0861. The van der Waals surface area contributed by atoms with Crippen molar-refractivity contribution in [3.63, 3.8) is 0 Å². The Bertz CT molecular complexity index is 948. The summed E-state index contributed by atoms with van der Waals surface area (Å²) < 4.78 is 0. The highest BCUT2D eigenvalue weighted by Gasteiger charge is 2.39. The van der Waals surface area contributed by atoms with Gasteiger partial charge >= 0.3 is 0 Å². The van der Waals surface area contributed by atoms with E-state index in [1.165, 1.54) is 5.56 Å². The van der Waals surface area contributed by atoms with E-state index in [1.54, 1.807) is 0 Å². The second-order valence-electron chi connectivity index (χ2n) is 8.06. The van der Waals surface area contributed by atoms with Crippen molar-refractivity contribution >= 4 is 17.4 Å². The van der Waals surface area contributed by atoms with Gasteiger partial charge in [-0.2, -0.15) is 0 Å². The lowest BCUT2D eigenvalue weighted by Crippen LogP contribution is -2.40. The molecule has 2 aromatic carbocycles. The van der Waals surface area contributed by atoms with Crippen LogP contribution >= 0.6 is 0 Å². The fourth-order valence-electron chi connectivity index (χ4n) is 4.64. The molecule has 1 unspecified atom stereocenters. The normalized spacial score (nSPS) is 19.8. The van der Waals surface area contributed by atoms with E-state index in [2.05, 4.69) is 37.3 Å². The molecule has 0 radical (unpaired) electrons. The Morgan fingerprint density at radius 3 is 2.29 bits per heavy atom. The molecule has 0 N–H and O–H groups in total. The first kappa shape index (κ1) is 18.7. The summed E-state index contributed by atoms with van der Waals surface area (Å²) in [7, 11) is 0. The first-order valence-electron chi connectivity index (χ1n) is 10.2. The van der Waals surface area contributed by atoms with Crippen LogP contribution in [0.4, 0.5) is 5.69 Å². The summed E-state index contributed by atoms with van der Waals surface area (Å²) in [6.07, 6.45) is 3.51. The van der Waals surface area contributed by atoms with Crippen LogP contribution in [0.5, 0.6) is 0 Å². The van der Waals surface area contributed by atoms with Crippen molar-refractivity contribution in [1.82, 2.24) is 0 Å². The molecule has 2 aromatic rings. The Labute approximate surface area is 167 Å². The smallest absolute Gasteiger partial charge is 0.232 e. The number of anilines is 1. The number of Topliss-reactive ketones (excluding diaryl/α,β-unsaturated/α-hetero) is 1. The van der Waals surface area contributed by atoms with Gasteiger partial charge in [0.05, 0.1) is 0 Å². The third-order valence-electron chi connectivity index (χ3n) is 5.93. The first-order chi connectivity index (χ1) is 13.5. The maximum atomic E-state index is 13.3. The molecule has 1 aliphatic carbocycles. The molecule has 1 amide bonds. The van der Waals surface area contributed by atoms with E-state index < -0.39 is 0 Å². The SMILES string of the molecule is CCc1ccc(C2CC(=O)N(c3cc(C)cc(C)c3)C3=C2C(=O)CCC3)cc1. The van der Waals surface area contributed by atoms with Gasteiger partial charge in [-0.15, -0.1) is 0 Å². The second kappa shape index (κ2) is 7.38. The number of carbonyl (C=O) groups excluding carboxylic acids is 2. The van der Waals surface area contributed by atoms with Crippen LogP contribution in [0.3, 0.4) is 0 Å². The lowest BCUT2D eigenvalue weighted by atomic mass is 9.77. The monoisotopic (exact) mass is 373 g/mol. The Morgan fingerprint density at radius 2 is 1.64 bits per heavy atom. The zero-order valence-electron chi connectivity index (χ0n) is 16.9. The predicted molar refractivity (Wildman–Crippen MR) is 112 cm³/mol. The van der Waals surface area contributed by atoms with Crippen molar-refractivity contribution in [3.8, 4) is 0 Å². The average Bonchev–Trinajstić information content (AvgIpc) is 2.66. The van der Waals surface area contributed by atoms with E-state index in [1.807, 2.05) is 30.9 Å². The summed E-state index contributed by atoms with van der Waals surface area (Å²) in [6.45, 7) is 6.22. The van der Waals surface area contributed by atoms with Crippen molar-refractivity contribution in [3.05, 3.63) is 76.0 Å². The van der Waals surface area contributed by atoms with Gasteiger partial charge in [0, 0.05) is 35.7 Å². The summed E-state index contributed by atoms with van der Waals surface area (Å²) >= 11 is 0. The molecule has 3 heteroatoms. The number of benzene rings is 2. The minimum Gasteiger partial charge on any atom is -0.294 e. The highest BCUT2D eigenvalue weighted by atomic mass is 16.2. The van der Waals surface area contributed by atoms with Crippen LogP contribution in [0.1, 0.15) is 60.8 Å². The van der Waals surface area contributed by atoms with Gasteiger partial charge in [0.15, 0.2) is 5.78 Å². The molecule has 3 nitrogen and oxygen atoms in total. The molecule has 0 aromatic heterocycles. The predicted octanol–water partition coefficient (Wildman–Crippen LogP) is 5.39. The Balaban J connectivity index is 1.84. The summed E-state index contributed by atoms with van der Waals surface area (Å²) in [4.78, 5) is 28.0. The lowest BCUT2D eigenvalue weighted by Gasteiger charge is -2.38. The Kier molecular flexibility index (Phi) is 4.92. The molecule has 0 bridgehead atoms. The molecule has 0 saturated heterocycles. The van der Waals surface area contributed by atoms with Gasteiger partial charge in [0.25, 0.3) is 0 Å². The molecule has 4 rings (SSSR count). The molecule has 1 heterocycles. The average molecular weight is 373 g/mol. The molecule has 2 aliphatic rings. The maximum absolute atomic E-state index is 13.3. The summed E-state index contributed by atoms with van der Waals surface area (Å²) in [5.74, 6) is 0.166. The van der Waals surface area contributed by atoms with Crippen molar-refractivity contribution in [1.29, 1.82) is 0 Å². The number of allylic oxidation sites excluding steroid dienone is 2. The topological polar surface area (TPSA) is 37.4 Å². The third kappa shape index (κ3) is 3.30. The van der Waals surface area contributed by atoms with Gasteiger partial charge in [-0.05, 0) is 67.5 Å². The summed E-state index contributed by atoms with van der Waals surface area (Å²) in [6, 6.07) is 14.6. The lowest BCUT2D eigenvalue weighted by molar-refractivity contribution is -0.119. The van der Waals surface area contributed by atoms with Gasteiger partial charge in [-0.3, -0.25) is 14.5 Å². The first-order valence-corrected chi connectivity index (χ1v) is 10.2. The number of amides is 1.